The van der Waals surface area contributed by atoms with Crippen molar-refractivity contribution in [3.05, 3.63) is 71.3 Å². The van der Waals surface area contributed by atoms with Crippen LogP contribution in [-0.4, -0.2) is 5.91 Å². The van der Waals surface area contributed by atoms with Crippen LogP contribution in [0, 0.1) is 0 Å². The van der Waals surface area contributed by atoms with Crippen molar-refractivity contribution < 1.29 is 4.79 Å². The number of carbonyl (C=O) groups excluding carboxylic acids is 1. The molecule has 1 amide bonds. The maximum atomic E-state index is 12.4. The summed E-state index contributed by atoms with van der Waals surface area (Å²) in [5, 5.41) is 3.14. The van der Waals surface area contributed by atoms with Gasteiger partial charge in [0, 0.05) is 0 Å². The zero-order valence-corrected chi connectivity index (χ0v) is 11.2. The lowest BCUT2D eigenvalue weighted by Crippen LogP contribution is -2.47. The van der Waals surface area contributed by atoms with Crippen molar-refractivity contribution in [1.82, 2.24) is 5.32 Å². The average molecular weight is 251 g/mol. The lowest BCUT2D eigenvalue weighted by Gasteiger charge is -2.37. The fourth-order valence-electron chi connectivity index (χ4n) is 2.74. The van der Waals surface area contributed by atoms with Gasteiger partial charge in [-0.15, -0.1) is 0 Å². The molecule has 1 atom stereocenters. The Morgan fingerprint density at radius 3 is 2.32 bits per heavy atom. The predicted octanol–water partition coefficient (Wildman–Crippen LogP) is 3.18. The van der Waals surface area contributed by atoms with E-state index in [1.54, 1.807) is 0 Å². The van der Waals surface area contributed by atoms with Gasteiger partial charge in [-0.05, 0) is 30.5 Å². The van der Waals surface area contributed by atoms with E-state index in [9.17, 15) is 4.79 Å². The number of amides is 1. The lowest BCUT2D eigenvalue weighted by atomic mass is 9.75. The first-order chi connectivity index (χ1) is 9.10. The molecule has 0 saturated heterocycles. The highest BCUT2D eigenvalue weighted by Crippen LogP contribution is 2.37. The second-order valence-corrected chi connectivity index (χ2v) is 5.53. The van der Waals surface area contributed by atoms with Gasteiger partial charge in [0.05, 0.1) is 11.5 Å². The first-order valence-corrected chi connectivity index (χ1v) is 6.56. The van der Waals surface area contributed by atoms with Crippen molar-refractivity contribution in [2.45, 2.75) is 25.3 Å². The predicted molar refractivity (Wildman–Crippen MR) is 75.9 cm³/mol. The summed E-state index contributed by atoms with van der Waals surface area (Å²) >= 11 is 0. The van der Waals surface area contributed by atoms with Gasteiger partial charge >= 0.3 is 0 Å². The molecule has 1 aliphatic rings. The van der Waals surface area contributed by atoms with E-state index < -0.39 is 5.41 Å². The number of hydrogen-bond acceptors (Lipinski definition) is 1. The molecule has 2 aromatic carbocycles. The summed E-state index contributed by atoms with van der Waals surface area (Å²) in [6.07, 6.45) is 0. The van der Waals surface area contributed by atoms with Gasteiger partial charge < -0.3 is 5.32 Å². The van der Waals surface area contributed by atoms with Gasteiger partial charge in [0.1, 0.15) is 0 Å². The molecular formula is C17H17NO. The summed E-state index contributed by atoms with van der Waals surface area (Å²) in [6.45, 7) is 3.95. The van der Waals surface area contributed by atoms with Crippen LogP contribution in [0.15, 0.2) is 54.6 Å². The number of rotatable bonds is 1. The van der Waals surface area contributed by atoms with Gasteiger partial charge in [-0.2, -0.15) is 0 Å². The molecule has 1 heterocycles. The molecule has 2 heteroatoms. The number of nitrogens with one attached hydrogen (secondary N) is 1. The average Bonchev–Trinajstić information content (AvgIpc) is 2.44. The Balaban J connectivity index is 2.17. The van der Waals surface area contributed by atoms with Crippen molar-refractivity contribution in [3.63, 3.8) is 0 Å². The van der Waals surface area contributed by atoms with E-state index >= 15 is 0 Å². The van der Waals surface area contributed by atoms with Crippen molar-refractivity contribution in [3.8, 4) is 0 Å². The first-order valence-electron chi connectivity index (χ1n) is 6.56. The van der Waals surface area contributed by atoms with Crippen LogP contribution in [0.5, 0.6) is 0 Å². The van der Waals surface area contributed by atoms with E-state index in [0.717, 1.165) is 11.1 Å². The molecule has 1 N–H and O–H groups in total. The molecule has 1 aliphatic heterocycles. The summed E-state index contributed by atoms with van der Waals surface area (Å²) in [6, 6.07) is 18.3. The molecule has 0 radical (unpaired) electrons. The fourth-order valence-corrected chi connectivity index (χ4v) is 2.74. The highest BCUT2D eigenvalue weighted by molar-refractivity contribution is 5.90. The van der Waals surface area contributed by atoms with E-state index in [1.807, 2.05) is 44.2 Å². The zero-order valence-electron chi connectivity index (χ0n) is 11.2. The minimum Gasteiger partial charge on any atom is -0.344 e. The van der Waals surface area contributed by atoms with Crippen LogP contribution in [0.3, 0.4) is 0 Å². The third kappa shape index (κ3) is 1.84. The van der Waals surface area contributed by atoms with Gasteiger partial charge in [-0.3, -0.25) is 4.79 Å². The van der Waals surface area contributed by atoms with Crippen LogP contribution in [0.25, 0.3) is 0 Å². The number of fused-ring (bicyclic) bond motifs is 1. The topological polar surface area (TPSA) is 29.1 Å². The molecule has 2 nitrogen and oxygen atoms in total. The Labute approximate surface area is 113 Å². The molecule has 0 saturated carbocycles. The summed E-state index contributed by atoms with van der Waals surface area (Å²) in [7, 11) is 0. The second kappa shape index (κ2) is 4.23. The molecule has 0 bridgehead atoms. The van der Waals surface area contributed by atoms with E-state index in [2.05, 4.69) is 29.6 Å². The van der Waals surface area contributed by atoms with E-state index in [0.29, 0.717) is 0 Å². The highest BCUT2D eigenvalue weighted by Gasteiger charge is 2.39. The van der Waals surface area contributed by atoms with E-state index in [1.165, 1.54) is 5.56 Å². The first kappa shape index (κ1) is 12.0. The van der Waals surface area contributed by atoms with Gasteiger partial charge in [0.25, 0.3) is 0 Å². The summed E-state index contributed by atoms with van der Waals surface area (Å²) in [4.78, 5) is 12.4. The monoisotopic (exact) mass is 251 g/mol. The zero-order chi connectivity index (χ0) is 13.5. The number of benzene rings is 2. The van der Waals surface area contributed by atoms with Crippen molar-refractivity contribution in [2.24, 2.45) is 0 Å². The summed E-state index contributed by atoms with van der Waals surface area (Å²) < 4.78 is 0. The van der Waals surface area contributed by atoms with Crippen LogP contribution in [0.2, 0.25) is 0 Å². The third-order valence-electron chi connectivity index (χ3n) is 3.92. The molecule has 19 heavy (non-hydrogen) atoms. The van der Waals surface area contributed by atoms with E-state index in [-0.39, 0.29) is 11.9 Å². The Kier molecular flexibility index (Phi) is 2.67. The Hall–Kier alpha value is -2.09. The van der Waals surface area contributed by atoms with Crippen LogP contribution in [0.1, 0.15) is 36.6 Å². The summed E-state index contributed by atoms with van der Waals surface area (Å²) in [5.74, 6) is 0.0834. The largest absolute Gasteiger partial charge is 0.344 e. The van der Waals surface area contributed by atoms with Crippen LogP contribution in [0.4, 0.5) is 0 Å². The molecule has 96 valence electrons. The van der Waals surface area contributed by atoms with Crippen molar-refractivity contribution >= 4 is 5.91 Å². The smallest absolute Gasteiger partial charge is 0.230 e. The number of hydrogen-bond donors (Lipinski definition) is 1. The van der Waals surface area contributed by atoms with Crippen molar-refractivity contribution in [1.29, 1.82) is 0 Å². The number of carbonyl (C=O) groups is 1. The van der Waals surface area contributed by atoms with Crippen LogP contribution < -0.4 is 5.32 Å². The molecular weight excluding hydrogens is 234 g/mol. The van der Waals surface area contributed by atoms with Gasteiger partial charge in [-0.1, -0.05) is 54.6 Å². The highest BCUT2D eigenvalue weighted by atomic mass is 16.2. The normalized spacial score (nSPS) is 20.5. The second-order valence-electron chi connectivity index (χ2n) is 5.53. The third-order valence-corrected chi connectivity index (χ3v) is 3.92. The van der Waals surface area contributed by atoms with Crippen LogP contribution in [-0.2, 0) is 10.2 Å². The fraction of sp³-hybridized carbons (Fsp3) is 0.235. The Morgan fingerprint density at radius 2 is 1.58 bits per heavy atom. The van der Waals surface area contributed by atoms with E-state index in [4.69, 9.17) is 0 Å². The molecule has 1 unspecified atom stereocenters. The maximum absolute atomic E-state index is 12.4. The molecule has 2 aromatic rings. The minimum atomic E-state index is -0.470. The Morgan fingerprint density at radius 1 is 0.947 bits per heavy atom. The standard InChI is InChI=1S/C17H17NO/c1-17(2)14-11-7-6-10-13(14)15(18-16(17)19)12-8-4-3-5-9-12/h3-11,15H,1-2H3,(H,18,19). The van der Waals surface area contributed by atoms with Gasteiger partial charge in [0.2, 0.25) is 5.91 Å². The summed E-state index contributed by atoms with van der Waals surface area (Å²) in [5.41, 5.74) is 2.96. The Bertz CT molecular complexity index is 616. The molecule has 0 aliphatic carbocycles. The van der Waals surface area contributed by atoms with Crippen molar-refractivity contribution in [2.75, 3.05) is 0 Å². The molecule has 3 rings (SSSR count). The SMILES string of the molecule is CC1(C)C(=O)NC(c2ccccc2)c2ccccc21. The molecule has 0 fully saturated rings. The quantitative estimate of drug-likeness (QED) is 0.828. The van der Waals surface area contributed by atoms with Gasteiger partial charge in [0.15, 0.2) is 0 Å². The molecule has 0 aromatic heterocycles. The molecule has 0 spiro atoms. The minimum absolute atomic E-state index is 0.0436. The maximum Gasteiger partial charge on any atom is 0.230 e. The van der Waals surface area contributed by atoms with Crippen LogP contribution >= 0.6 is 0 Å². The van der Waals surface area contributed by atoms with Gasteiger partial charge in [-0.25, -0.2) is 0 Å². The lowest BCUT2D eigenvalue weighted by molar-refractivity contribution is -0.126.